The number of fused-ring (bicyclic) bond motifs is 2. The second-order valence-corrected chi connectivity index (χ2v) is 7.98. The molecule has 0 aliphatic carbocycles. The molecule has 0 radical (unpaired) electrons. The zero-order valence-electron chi connectivity index (χ0n) is 18.4. The first kappa shape index (κ1) is 20.7. The molecule has 0 heterocycles. The Labute approximate surface area is 192 Å². The minimum absolute atomic E-state index is 0.149. The van der Waals surface area contributed by atoms with Crippen molar-refractivity contribution in [2.24, 2.45) is 0 Å². The van der Waals surface area contributed by atoms with Crippen molar-refractivity contribution in [3.8, 4) is 23.0 Å². The number of rotatable bonds is 5. The molecule has 5 rings (SSSR count). The summed E-state index contributed by atoms with van der Waals surface area (Å²) in [6.07, 6.45) is 0. The summed E-state index contributed by atoms with van der Waals surface area (Å²) in [5.74, 6) is 1.08. The van der Waals surface area contributed by atoms with Gasteiger partial charge in [-0.25, -0.2) is 0 Å². The summed E-state index contributed by atoms with van der Waals surface area (Å²) in [5.41, 5.74) is 2.19. The van der Waals surface area contributed by atoms with Gasteiger partial charge in [0, 0.05) is 22.6 Å². The lowest BCUT2D eigenvalue weighted by atomic mass is 9.79. The minimum Gasteiger partial charge on any atom is -0.508 e. The van der Waals surface area contributed by atoms with Gasteiger partial charge in [0.15, 0.2) is 0 Å². The topological polar surface area (TPSA) is 58.9 Å². The van der Waals surface area contributed by atoms with E-state index in [0.29, 0.717) is 22.6 Å². The molecule has 2 N–H and O–H groups in total. The second-order valence-electron chi connectivity index (χ2n) is 7.98. The molecule has 0 saturated carbocycles. The summed E-state index contributed by atoms with van der Waals surface area (Å²) in [5, 5.41) is 26.2. The highest BCUT2D eigenvalue weighted by Gasteiger charge is 2.29. The number of hydrogen-bond donors (Lipinski definition) is 2. The predicted octanol–water partition coefficient (Wildman–Crippen LogP) is 6.60. The minimum atomic E-state index is -0.521. The fourth-order valence-corrected chi connectivity index (χ4v) is 4.70. The Morgan fingerprint density at radius 1 is 0.606 bits per heavy atom. The largest absolute Gasteiger partial charge is 0.508 e. The van der Waals surface area contributed by atoms with Gasteiger partial charge in [-0.1, -0.05) is 60.7 Å². The third kappa shape index (κ3) is 3.50. The van der Waals surface area contributed by atoms with Crippen LogP contribution < -0.4 is 9.47 Å². The molecule has 5 aromatic carbocycles. The van der Waals surface area contributed by atoms with Crippen LogP contribution in [0.25, 0.3) is 21.5 Å². The number of aromatic hydroxyl groups is 2. The van der Waals surface area contributed by atoms with Gasteiger partial charge in [0.05, 0.1) is 14.2 Å². The monoisotopic (exact) mass is 436 g/mol. The highest BCUT2D eigenvalue weighted by molar-refractivity contribution is 5.93. The van der Waals surface area contributed by atoms with Crippen LogP contribution in [0.5, 0.6) is 23.0 Å². The van der Waals surface area contributed by atoms with Gasteiger partial charge >= 0.3 is 0 Å². The number of phenolic OH excluding ortho intramolecular Hbond substituents is 2. The summed E-state index contributed by atoms with van der Waals surface area (Å²) in [6, 6.07) is 28.7. The summed E-state index contributed by atoms with van der Waals surface area (Å²) in [6.45, 7) is 0. The van der Waals surface area contributed by atoms with E-state index in [1.807, 2.05) is 78.9 Å². The number of benzene rings is 5. The first-order chi connectivity index (χ1) is 16.1. The van der Waals surface area contributed by atoms with Crippen LogP contribution in [0.1, 0.15) is 22.6 Å². The average molecular weight is 437 g/mol. The van der Waals surface area contributed by atoms with Gasteiger partial charge in [0.1, 0.15) is 23.0 Å². The number of methoxy groups -OCH3 is 2. The maximum Gasteiger partial charge on any atom is 0.123 e. The van der Waals surface area contributed by atoms with Crippen LogP contribution >= 0.6 is 0 Å². The Balaban J connectivity index is 1.96. The molecule has 0 bridgehead atoms. The van der Waals surface area contributed by atoms with Crippen LogP contribution in [-0.4, -0.2) is 24.4 Å². The number of phenols is 2. The molecule has 0 unspecified atom stereocenters. The van der Waals surface area contributed by atoms with E-state index in [1.165, 1.54) is 0 Å². The average Bonchev–Trinajstić information content (AvgIpc) is 2.86. The molecule has 5 aromatic rings. The lowest BCUT2D eigenvalue weighted by Gasteiger charge is -2.26. The number of hydrogen-bond acceptors (Lipinski definition) is 4. The Hall–Kier alpha value is -4.18. The van der Waals surface area contributed by atoms with Gasteiger partial charge in [0.2, 0.25) is 0 Å². The molecule has 0 aliphatic heterocycles. The highest BCUT2D eigenvalue weighted by atomic mass is 16.5. The summed E-state index contributed by atoms with van der Waals surface area (Å²) in [4.78, 5) is 0. The quantitative estimate of drug-likeness (QED) is 0.305. The molecule has 0 aromatic heterocycles. The van der Waals surface area contributed by atoms with Crippen molar-refractivity contribution in [2.45, 2.75) is 5.92 Å². The third-order valence-corrected chi connectivity index (χ3v) is 6.22. The van der Waals surface area contributed by atoms with Gasteiger partial charge in [0.25, 0.3) is 0 Å². The normalized spacial score (nSPS) is 11.2. The van der Waals surface area contributed by atoms with Crippen LogP contribution in [0.4, 0.5) is 0 Å². The molecule has 4 heteroatoms. The second kappa shape index (κ2) is 8.40. The predicted molar refractivity (Wildman–Crippen MR) is 132 cm³/mol. The van der Waals surface area contributed by atoms with E-state index in [4.69, 9.17) is 9.47 Å². The van der Waals surface area contributed by atoms with Crippen molar-refractivity contribution < 1.29 is 19.7 Å². The van der Waals surface area contributed by atoms with Gasteiger partial charge in [-0.05, 0) is 51.9 Å². The van der Waals surface area contributed by atoms with E-state index in [2.05, 4.69) is 0 Å². The molecule has 4 nitrogen and oxygen atoms in total. The van der Waals surface area contributed by atoms with Gasteiger partial charge < -0.3 is 19.7 Å². The Kier molecular flexibility index (Phi) is 5.27. The van der Waals surface area contributed by atoms with E-state index in [9.17, 15) is 10.2 Å². The van der Waals surface area contributed by atoms with Crippen LogP contribution in [0.2, 0.25) is 0 Å². The van der Waals surface area contributed by atoms with Gasteiger partial charge in [-0.15, -0.1) is 0 Å². The fraction of sp³-hybridized carbons (Fsp3) is 0.103. The SMILES string of the molecule is COc1ccc(OC)c(C(c2c(O)ccc3ccccc23)c2c(O)ccc3ccccc23)c1. The lowest BCUT2D eigenvalue weighted by Crippen LogP contribution is -2.08. The number of ether oxygens (including phenoxy) is 2. The molecule has 0 spiro atoms. The van der Waals surface area contributed by atoms with Crippen molar-refractivity contribution >= 4 is 21.5 Å². The summed E-state index contributed by atoms with van der Waals surface area (Å²) < 4.78 is 11.3. The molecule has 0 saturated heterocycles. The molecule has 0 aliphatic rings. The van der Waals surface area contributed by atoms with E-state index in [1.54, 1.807) is 26.4 Å². The van der Waals surface area contributed by atoms with E-state index in [-0.39, 0.29) is 11.5 Å². The zero-order chi connectivity index (χ0) is 22.9. The van der Waals surface area contributed by atoms with E-state index < -0.39 is 5.92 Å². The molecular weight excluding hydrogens is 412 g/mol. The van der Waals surface area contributed by atoms with Crippen LogP contribution in [0.15, 0.2) is 91.0 Å². The Morgan fingerprint density at radius 2 is 1.15 bits per heavy atom. The van der Waals surface area contributed by atoms with Crippen molar-refractivity contribution in [3.05, 3.63) is 108 Å². The lowest BCUT2D eigenvalue weighted by molar-refractivity contribution is 0.397. The zero-order valence-corrected chi connectivity index (χ0v) is 18.4. The van der Waals surface area contributed by atoms with Crippen molar-refractivity contribution in [1.29, 1.82) is 0 Å². The van der Waals surface area contributed by atoms with E-state index in [0.717, 1.165) is 27.1 Å². The van der Waals surface area contributed by atoms with Crippen molar-refractivity contribution in [3.63, 3.8) is 0 Å². The standard InChI is InChI=1S/C29H24O4/c1-32-20-13-16-26(33-2)23(17-20)29(27-21-9-5-3-7-18(21)11-14-24(27)30)28-22-10-6-4-8-19(22)12-15-25(28)31/h3-17,29-31H,1-2H3. The van der Waals surface area contributed by atoms with Gasteiger partial charge in [-0.3, -0.25) is 0 Å². The van der Waals surface area contributed by atoms with Crippen LogP contribution in [-0.2, 0) is 0 Å². The molecule has 0 amide bonds. The maximum atomic E-state index is 11.2. The van der Waals surface area contributed by atoms with Gasteiger partial charge in [-0.2, -0.15) is 0 Å². The highest BCUT2D eigenvalue weighted by Crippen LogP contribution is 2.49. The Bertz CT molecular complexity index is 1390. The molecule has 164 valence electrons. The fourth-order valence-electron chi connectivity index (χ4n) is 4.70. The third-order valence-electron chi connectivity index (χ3n) is 6.22. The Morgan fingerprint density at radius 3 is 1.67 bits per heavy atom. The molecule has 0 fully saturated rings. The smallest absolute Gasteiger partial charge is 0.123 e. The summed E-state index contributed by atoms with van der Waals surface area (Å²) in [7, 11) is 3.24. The van der Waals surface area contributed by atoms with Crippen LogP contribution in [0.3, 0.4) is 0 Å². The maximum absolute atomic E-state index is 11.2. The first-order valence-corrected chi connectivity index (χ1v) is 10.8. The molecular formula is C29H24O4. The van der Waals surface area contributed by atoms with Crippen LogP contribution in [0, 0.1) is 0 Å². The molecule has 33 heavy (non-hydrogen) atoms. The van der Waals surface area contributed by atoms with E-state index >= 15 is 0 Å². The first-order valence-electron chi connectivity index (χ1n) is 10.8. The van der Waals surface area contributed by atoms with Crippen molar-refractivity contribution in [2.75, 3.05) is 14.2 Å². The summed E-state index contributed by atoms with van der Waals surface area (Å²) >= 11 is 0. The molecule has 0 atom stereocenters. The van der Waals surface area contributed by atoms with Crippen molar-refractivity contribution in [1.82, 2.24) is 0 Å².